The first-order valence-corrected chi connectivity index (χ1v) is 8.98. The van der Waals surface area contributed by atoms with Crippen LogP contribution in [0, 0.1) is 0 Å². The van der Waals surface area contributed by atoms with E-state index in [4.69, 9.17) is 4.98 Å². The quantitative estimate of drug-likeness (QED) is 0.877. The number of amides is 1. The number of carbonyl (C=O) groups excluding carboxylic acids is 1. The van der Waals surface area contributed by atoms with E-state index in [0.717, 1.165) is 44.5 Å². The lowest BCUT2D eigenvalue weighted by Crippen LogP contribution is -3.11. The molecule has 1 saturated heterocycles. The van der Waals surface area contributed by atoms with E-state index in [-0.39, 0.29) is 5.91 Å². The summed E-state index contributed by atoms with van der Waals surface area (Å²) in [5.41, 5.74) is 6.35. The fourth-order valence-electron chi connectivity index (χ4n) is 4.36. The Balaban J connectivity index is 1.59. The Labute approximate surface area is 132 Å². The van der Waals surface area contributed by atoms with Gasteiger partial charge in [0.15, 0.2) is 6.54 Å². The molecule has 4 rings (SSSR count). The molecule has 118 valence electrons. The Morgan fingerprint density at radius 2 is 1.55 bits per heavy atom. The maximum atomic E-state index is 12.5. The molecule has 1 aliphatic heterocycles. The zero-order valence-corrected chi connectivity index (χ0v) is 13.3. The maximum absolute atomic E-state index is 12.5. The average molecular weight is 300 g/mol. The van der Waals surface area contributed by atoms with Crippen LogP contribution in [0.5, 0.6) is 0 Å². The molecule has 0 atom stereocenters. The van der Waals surface area contributed by atoms with Crippen LogP contribution in [0.2, 0.25) is 0 Å². The fraction of sp³-hybridized carbons (Fsp3) is 0.667. The molecular weight excluding hydrogens is 274 g/mol. The third-order valence-corrected chi connectivity index (χ3v) is 5.49. The van der Waals surface area contributed by atoms with Crippen molar-refractivity contribution in [2.45, 2.75) is 57.8 Å². The zero-order chi connectivity index (χ0) is 14.9. The summed E-state index contributed by atoms with van der Waals surface area (Å²) in [6.45, 7) is 2.94. The molecule has 0 unspecified atom stereocenters. The molecule has 1 amide bonds. The molecular formula is C18H26N3O+. The minimum atomic E-state index is 0.199. The van der Waals surface area contributed by atoms with Crippen LogP contribution in [0.1, 0.15) is 54.6 Å². The first kappa shape index (κ1) is 14.2. The van der Waals surface area contributed by atoms with Gasteiger partial charge in [-0.15, -0.1) is 0 Å². The average Bonchev–Trinajstić information content (AvgIpc) is 3.18. The van der Waals surface area contributed by atoms with Crippen LogP contribution in [0.3, 0.4) is 0 Å². The molecule has 0 bridgehead atoms. The third-order valence-electron chi connectivity index (χ3n) is 5.49. The minimum absolute atomic E-state index is 0.199. The van der Waals surface area contributed by atoms with Crippen LogP contribution in [0.15, 0.2) is 0 Å². The van der Waals surface area contributed by atoms with E-state index in [2.05, 4.69) is 5.32 Å². The van der Waals surface area contributed by atoms with Crippen molar-refractivity contribution in [2.75, 3.05) is 25.0 Å². The molecule has 0 aromatic carbocycles. The lowest BCUT2D eigenvalue weighted by molar-refractivity contribution is -0.878. The smallest absolute Gasteiger partial charge is 0.279 e. The second-order valence-electron chi connectivity index (χ2n) is 7.08. The largest absolute Gasteiger partial charge is 0.327 e. The van der Waals surface area contributed by atoms with Crippen molar-refractivity contribution in [1.29, 1.82) is 0 Å². The highest BCUT2D eigenvalue weighted by Crippen LogP contribution is 2.35. The molecule has 0 radical (unpaired) electrons. The van der Waals surface area contributed by atoms with Crippen molar-refractivity contribution in [1.82, 2.24) is 4.98 Å². The summed E-state index contributed by atoms with van der Waals surface area (Å²) < 4.78 is 0. The summed E-state index contributed by atoms with van der Waals surface area (Å²) >= 11 is 0. The molecule has 4 nitrogen and oxygen atoms in total. The van der Waals surface area contributed by atoms with E-state index < -0.39 is 0 Å². The minimum Gasteiger partial charge on any atom is -0.327 e. The predicted molar refractivity (Wildman–Crippen MR) is 86.3 cm³/mol. The topological polar surface area (TPSA) is 46.4 Å². The summed E-state index contributed by atoms with van der Waals surface area (Å²) in [7, 11) is 0. The molecule has 22 heavy (non-hydrogen) atoms. The van der Waals surface area contributed by atoms with Gasteiger partial charge in [-0.2, -0.15) is 0 Å². The summed E-state index contributed by atoms with van der Waals surface area (Å²) in [5.74, 6) is 0.199. The van der Waals surface area contributed by atoms with Gasteiger partial charge in [0.2, 0.25) is 0 Å². The van der Waals surface area contributed by atoms with E-state index >= 15 is 0 Å². The lowest BCUT2D eigenvalue weighted by atomic mass is 9.92. The molecule has 0 spiro atoms. The van der Waals surface area contributed by atoms with Gasteiger partial charge in [0.25, 0.3) is 5.91 Å². The fourth-order valence-corrected chi connectivity index (χ4v) is 4.36. The van der Waals surface area contributed by atoms with E-state index in [1.165, 1.54) is 59.5 Å². The normalized spacial score (nSPS) is 20.7. The van der Waals surface area contributed by atoms with Gasteiger partial charge in [0, 0.05) is 24.2 Å². The van der Waals surface area contributed by atoms with Gasteiger partial charge in [-0.25, -0.2) is 0 Å². The number of pyridine rings is 1. The van der Waals surface area contributed by atoms with Gasteiger partial charge in [-0.05, 0) is 56.1 Å². The van der Waals surface area contributed by atoms with E-state index in [1.807, 2.05) is 0 Å². The van der Waals surface area contributed by atoms with Gasteiger partial charge in [-0.1, -0.05) is 0 Å². The number of anilines is 1. The van der Waals surface area contributed by atoms with Crippen LogP contribution in [0.4, 0.5) is 5.69 Å². The van der Waals surface area contributed by atoms with Gasteiger partial charge < -0.3 is 10.2 Å². The lowest BCUT2D eigenvalue weighted by Gasteiger charge is -2.22. The van der Waals surface area contributed by atoms with Crippen LogP contribution < -0.4 is 10.2 Å². The Kier molecular flexibility index (Phi) is 3.87. The zero-order valence-electron chi connectivity index (χ0n) is 13.3. The number of quaternary nitrogens is 1. The molecule has 4 heteroatoms. The van der Waals surface area contributed by atoms with Crippen molar-refractivity contribution < 1.29 is 9.69 Å². The van der Waals surface area contributed by atoms with Crippen molar-refractivity contribution in [2.24, 2.45) is 0 Å². The predicted octanol–water partition coefficient (Wildman–Crippen LogP) is 1.07. The number of carbonyl (C=O) groups is 1. The monoisotopic (exact) mass is 300 g/mol. The van der Waals surface area contributed by atoms with Crippen LogP contribution in [-0.4, -0.2) is 30.5 Å². The number of nitrogens with one attached hydrogen (secondary N) is 2. The highest BCUT2D eigenvalue weighted by atomic mass is 16.2. The molecule has 1 fully saturated rings. The third kappa shape index (κ3) is 2.65. The van der Waals surface area contributed by atoms with Crippen molar-refractivity contribution in [3.63, 3.8) is 0 Å². The van der Waals surface area contributed by atoms with E-state index in [0.29, 0.717) is 6.54 Å². The summed E-state index contributed by atoms with van der Waals surface area (Å²) in [5, 5.41) is 3.30. The number of fused-ring (bicyclic) bond motifs is 2. The first-order chi connectivity index (χ1) is 10.8. The summed E-state index contributed by atoms with van der Waals surface area (Å²) in [6.07, 6.45) is 10.5. The van der Waals surface area contributed by atoms with Gasteiger partial charge in [0.05, 0.1) is 18.8 Å². The Bertz CT molecular complexity index is 590. The van der Waals surface area contributed by atoms with Crippen LogP contribution in [0.25, 0.3) is 0 Å². The Hall–Kier alpha value is -1.42. The highest BCUT2D eigenvalue weighted by molar-refractivity contribution is 5.93. The number of aryl methyl sites for hydroxylation is 2. The second-order valence-corrected chi connectivity index (χ2v) is 7.08. The number of nitrogens with zero attached hydrogens (tertiary/aromatic N) is 1. The van der Waals surface area contributed by atoms with Gasteiger partial charge in [0.1, 0.15) is 0 Å². The van der Waals surface area contributed by atoms with Crippen molar-refractivity contribution in [3.05, 3.63) is 22.5 Å². The van der Waals surface area contributed by atoms with Crippen LogP contribution >= 0.6 is 0 Å². The van der Waals surface area contributed by atoms with E-state index in [9.17, 15) is 4.79 Å². The van der Waals surface area contributed by atoms with Crippen molar-refractivity contribution >= 4 is 11.6 Å². The van der Waals surface area contributed by atoms with Gasteiger partial charge in [-0.3, -0.25) is 9.78 Å². The first-order valence-electron chi connectivity index (χ1n) is 8.98. The standard InChI is InChI=1S/C18H25N3O/c22-17(12-21-10-3-4-11-21)20-18-13-6-1-2-8-15(13)19-16-9-5-7-14(16)18/h1-12H2,(H,19,20,22)/p+1. The number of hydrogen-bond donors (Lipinski definition) is 2. The number of aromatic nitrogens is 1. The van der Waals surface area contributed by atoms with Gasteiger partial charge >= 0.3 is 0 Å². The molecule has 3 aliphatic rings. The molecule has 1 aromatic rings. The maximum Gasteiger partial charge on any atom is 0.279 e. The molecule has 2 heterocycles. The summed E-state index contributed by atoms with van der Waals surface area (Å²) in [4.78, 5) is 18.9. The van der Waals surface area contributed by atoms with Crippen LogP contribution in [-0.2, 0) is 30.5 Å². The highest BCUT2D eigenvalue weighted by Gasteiger charge is 2.26. The number of rotatable bonds is 3. The SMILES string of the molecule is O=C(C[NH+]1CCCC1)Nc1c2c(nc3c1CCC3)CCCC2. The Morgan fingerprint density at radius 1 is 0.909 bits per heavy atom. The molecule has 1 aromatic heterocycles. The summed E-state index contributed by atoms with van der Waals surface area (Å²) in [6, 6.07) is 0. The Morgan fingerprint density at radius 3 is 2.32 bits per heavy atom. The molecule has 2 N–H and O–H groups in total. The number of likely N-dealkylation sites (tertiary alicyclic amines) is 1. The molecule has 2 aliphatic carbocycles. The van der Waals surface area contributed by atoms with E-state index in [1.54, 1.807) is 0 Å². The van der Waals surface area contributed by atoms with Crippen molar-refractivity contribution in [3.8, 4) is 0 Å². The second kappa shape index (κ2) is 5.99. The number of hydrogen-bond acceptors (Lipinski definition) is 2. The molecule has 0 saturated carbocycles.